The first-order valence-corrected chi connectivity index (χ1v) is 5.92. The Bertz CT molecular complexity index is 670. The van der Waals surface area contributed by atoms with Crippen LogP contribution in [-0.4, -0.2) is 14.8 Å². The van der Waals surface area contributed by atoms with Crippen LogP contribution in [0.1, 0.15) is 5.56 Å². The molecule has 2 aromatic carbocycles. The second-order valence-corrected chi connectivity index (χ2v) is 4.07. The molecular formula is C13H11N3O6. The lowest BCUT2D eigenvalue weighted by molar-refractivity contribution is -0.441. The van der Waals surface area contributed by atoms with E-state index in [2.05, 4.69) is 19.1 Å². The third-order valence-corrected chi connectivity index (χ3v) is 2.51. The van der Waals surface area contributed by atoms with Gasteiger partial charge < -0.3 is 0 Å². The second-order valence-electron chi connectivity index (χ2n) is 4.07. The second kappa shape index (κ2) is 7.43. The molecule has 2 aromatic rings. The number of rotatable bonds is 3. The summed E-state index contributed by atoms with van der Waals surface area (Å²) in [5.41, 5.74) is -1.57. The molecule has 0 heterocycles. The fourth-order valence-electron chi connectivity index (χ4n) is 1.54. The molecule has 0 bridgehead atoms. The van der Waals surface area contributed by atoms with Crippen LogP contribution in [0.15, 0.2) is 48.5 Å². The summed E-state index contributed by atoms with van der Waals surface area (Å²) >= 11 is 0. The summed E-state index contributed by atoms with van der Waals surface area (Å²) in [6, 6.07) is 13.0. The van der Waals surface area contributed by atoms with Gasteiger partial charge in [-0.15, -0.1) is 0 Å². The Morgan fingerprint density at radius 3 is 1.41 bits per heavy atom. The van der Waals surface area contributed by atoms with E-state index in [-0.39, 0.29) is 0 Å². The number of para-hydroxylation sites is 1. The maximum atomic E-state index is 10.4. The highest BCUT2D eigenvalue weighted by Gasteiger charge is 2.34. The first-order chi connectivity index (χ1) is 10.3. The highest BCUT2D eigenvalue weighted by atomic mass is 16.6. The van der Waals surface area contributed by atoms with Gasteiger partial charge in [-0.3, -0.25) is 30.3 Å². The minimum atomic E-state index is -1.14. The third-order valence-electron chi connectivity index (χ3n) is 2.51. The van der Waals surface area contributed by atoms with E-state index in [0.717, 1.165) is 18.2 Å². The van der Waals surface area contributed by atoms with E-state index >= 15 is 0 Å². The normalized spacial score (nSPS) is 9.32. The fourth-order valence-corrected chi connectivity index (χ4v) is 1.54. The Labute approximate surface area is 124 Å². The molecule has 22 heavy (non-hydrogen) atoms. The van der Waals surface area contributed by atoms with Crippen molar-refractivity contribution in [3.63, 3.8) is 0 Å². The van der Waals surface area contributed by atoms with E-state index in [0.29, 0.717) is 0 Å². The van der Waals surface area contributed by atoms with Crippen LogP contribution in [0.25, 0.3) is 0 Å². The van der Waals surface area contributed by atoms with Crippen molar-refractivity contribution < 1.29 is 14.8 Å². The number of benzene rings is 2. The van der Waals surface area contributed by atoms with Crippen molar-refractivity contribution in [1.29, 1.82) is 0 Å². The molecule has 0 aliphatic rings. The average Bonchev–Trinajstić information content (AvgIpc) is 2.47. The summed E-state index contributed by atoms with van der Waals surface area (Å²) in [5, 5.41) is 31.2. The lowest BCUT2D eigenvalue weighted by atomic mass is 10.2. The summed E-state index contributed by atoms with van der Waals surface area (Å²) in [7, 11) is 0. The van der Waals surface area contributed by atoms with Gasteiger partial charge >= 0.3 is 17.1 Å². The predicted molar refractivity (Wildman–Crippen MR) is 77.6 cm³/mol. The lowest BCUT2D eigenvalue weighted by Gasteiger charge is -1.95. The van der Waals surface area contributed by atoms with E-state index < -0.39 is 31.8 Å². The number of hydrogen-bond donors (Lipinski definition) is 0. The van der Waals surface area contributed by atoms with Crippen molar-refractivity contribution in [2.75, 3.05) is 0 Å². The zero-order valence-corrected chi connectivity index (χ0v) is 11.4. The zero-order chi connectivity index (χ0) is 16.7. The Kier molecular flexibility index (Phi) is 5.64. The highest BCUT2D eigenvalue weighted by molar-refractivity contribution is 5.65. The first-order valence-electron chi connectivity index (χ1n) is 5.92. The molecule has 0 radical (unpaired) electrons. The molecule has 9 nitrogen and oxygen atoms in total. The monoisotopic (exact) mass is 305 g/mol. The van der Waals surface area contributed by atoms with Gasteiger partial charge in [0.2, 0.25) is 0 Å². The Hall–Kier alpha value is -3.36. The molecule has 0 atom stereocenters. The molecule has 0 unspecified atom stereocenters. The number of aryl methyl sites for hydroxylation is 1. The molecule has 0 aliphatic carbocycles. The van der Waals surface area contributed by atoms with Crippen LogP contribution in [0, 0.1) is 37.3 Å². The Balaban J connectivity index is 0.000000287. The Morgan fingerprint density at radius 2 is 1.14 bits per heavy atom. The van der Waals surface area contributed by atoms with Crippen molar-refractivity contribution in [3.05, 3.63) is 84.4 Å². The molecule has 0 fully saturated rings. The van der Waals surface area contributed by atoms with Gasteiger partial charge in [0, 0.05) is 12.1 Å². The summed E-state index contributed by atoms with van der Waals surface area (Å²) in [4.78, 5) is 28.0. The molecule has 0 aromatic heterocycles. The molecular weight excluding hydrogens is 294 g/mol. The van der Waals surface area contributed by atoms with Crippen LogP contribution in [0.3, 0.4) is 0 Å². The van der Waals surface area contributed by atoms with Gasteiger partial charge in [0.05, 0.1) is 14.8 Å². The van der Waals surface area contributed by atoms with Gasteiger partial charge in [-0.25, -0.2) is 0 Å². The molecule has 0 N–H and O–H groups in total. The van der Waals surface area contributed by atoms with Crippen molar-refractivity contribution in [3.8, 4) is 0 Å². The van der Waals surface area contributed by atoms with Crippen LogP contribution in [0.5, 0.6) is 0 Å². The third kappa shape index (κ3) is 4.34. The van der Waals surface area contributed by atoms with Gasteiger partial charge in [-0.05, 0) is 13.0 Å². The van der Waals surface area contributed by atoms with E-state index in [9.17, 15) is 30.3 Å². The summed E-state index contributed by atoms with van der Waals surface area (Å²) in [6.45, 7) is 2.08. The van der Waals surface area contributed by atoms with Crippen molar-refractivity contribution in [1.82, 2.24) is 0 Å². The van der Waals surface area contributed by atoms with Gasteiger partial charge in [0.25, 0.3) is 0 Å². The fraction of sp³-hybridized carbons (Fsp3) is 0.0769. The largest absolute Gasteiger partial charge is 0.422 e. The summed E-state index contributed by atoms with van der Waals surface area (Å²) in [6.07, 6.45) is 0. The van der Waals surface area contributed by atoms with E-state index in [1.165, 1.54) is 5.56 Å². The smallest absolute Gasteiger partial charge is 0.258 e. The van der Waals surface area contributed by atoms with Crippen LogP contribution in [-0.2, 0) is 0 Å². The quantitative estimate of drug-likeness (QED) is 0.631. The van der Waals surface area contributed by atoms with Gasteiger partial charge in [0.1, 0.15) is 0 Å². The summed E-state index contributed by atoms with van der Waals surface area (Å²) in [5.74, 6) is 0. The number of nitrogens with zero attached hydrogens (tertiary/aromatic N) is 3. The average molecular weight is 305 g/mol. The molecule has 2 rings (SSSR count). The topological polar surface area (TPSA) is 129 Å². The van der Waals surface area contributed by atoms with Gasteiger partial charge in [-0.1, -0.05) is 35.9 Å². The number of nitro benzene ring substituents is 3. The van der Waals surface area contributed by atoms with Gasteiger partial charge in [-0.2, -0.15) is 0 Å². The van der Waals surface area contributed by atoms with E-state index in [4.69, 9.17) is 0 Å². The molecule has 114 valence electrons. The molecule has 0 amide bonds. The molecule has 0 saturated heterocycles. The lowest BCUT2D eigenvalue weighted by Crippen LogP contribution is -2.00. The minimum absolute atomic E-state index is 0.838. The maximum absolute atomic E-state index is 10.4. The van der Waals surface area contributed by atoms with Crippen LogP contribution in [0.4, 0.5) is 17.1 Å². The predicted octanol–water partition coefficient (Wildman–Crippen LogP) is 3.41. The van der Waals surface area contributed by atoms with Crippen LogP contribution in [0.2, 0.25) is 0 Å². The standard InChI is InChI=1S/C7H8.C6H3N3O6/c1-7-5-3-2-4-6-7;10-7(11)4-2-1-3-5(8(12)13)6(4)9(14)15/h2-6H,1H3;1-3H. The van der Waals surface area contributed by atoms with Crippen molar-refractivity contribution >= 4 is 17.1 Å². The summed E-state index contributed by atoms with van der Waals surface area (Å²) < 4.78 is 0. The van der Waals surface area contributed by atoms with Crippen molar-refractivity contribution in [2.24, 2.45) is 0 Å². The Morgan fingerprint density at radius 1 is 0.682 bits per heavy atom. The number of nitro groups is 3. The first kappa shape index (κ1) is 16.7. The minimum Gasteiger partial charge on any atom is -0.258 e. The zero-order valence-electron chi connectivity index (χ0n) is 11.4. The van der Waals surface area contributed by atoms with Gasteiger partial charge in [0.15, 0.2) is 0 Å². The molecule has 0 aliphatic heterocycles. The maximum Gasteiger partial charge on any atom is 0.422 e. The molecule has 9 heteroatoms. The SMILES string of the molecule is Cc1ccccc1.O=[N+]([O-])c1cccc([N+](=O)[O-])c1[N+](=O)[O-]. The van der Waals surface area contributed by atoms with Crippen LogP contribution >= 0.6 is 0 Å². The number of hydrogen-bond acceptors (Lipinski definition) is 6. The molecule has 0 spiro atoms. The van der Waals surface area contributed by atoms with E-state index in [1.54, 1.807) is 0 Å². The van der Waals surface area contributed by atoms with Crippen molar-refractivity contribution in [2.45, 2.75) is 6.92 Å². The highest BCUT2D eigenvalue weighted by Crippen LogP contribution is 2.35. The molecule has 0 saturated carbocycles. The van der Waals surface area contributed by atoms with E-state index in [1.807, 2.05) is 18.2 Å². The van der Waals surface area contributed by atoms with Crippen LogP contribution < -0.4 is 0 Å².